The van der Waals surface area contributed by atoms with Crippen LogP contribution < -0.4 is 9.46 Å². The average Bonchev–Trinajstić information content (AvgIpc) is 2.95. The number of hydrogen-bond acceptors (Lipinski definition) is 7. The molecule has 4 rings (SSSR count). The Kier molecular flexibility index (Phi) is 9.07. The van der Waals surface area contributed by atoms with Crippen molar-refractivity contribution in [3.05, 3.63) is 83.9 Å². The molecule has 0 unspecified atom stereocenters. The number of carbonyl (C=O) groups excluding carboxylic acids is 1. The Balaban J connectivity index is 1.68. The van der Waals surface area contributed by atoms with Crippen molar-refractivity contribution in [2.24, 2.45) is 5.92 Å². The number of hydrogen-bond donors (Lipinski definition) is 2. The number of nitrogens with zero attached hydrogens (tertiary/aromatic N) is 2. The molecule has 0 saturated heterocycles. The van der Waals surface area contributed by atoms with E-state index in [1.165, 1.54) is 46.6 Å². The van der Waals surface area contributed by atoms with Gasteiger partial charge < -0.3 is 14.7 Å². The van der Waals surface area contributed by atoms with Crippen molar-refractivity contribution in [3.63, 3.8) is 0 Å². The highest BCUT2D eigenvalue weighted by Crippen LogP contribution is 2.32. The smallest absolute Gasteiger partial charge is 0.261 e. The molecule has 1 amide bonds. The van der Waals surface area contributed by atoms with Crippen LogP contribution in [0.1, 0.15) is 29.8 Å². The highest BCUT2D eigenvalue weighted by Gasteiger charge is 2.35. The quantitative estimate of drug-likeness (QED) is 0.384. The van der Waals surface area contributed by atoms with Crippen LogP contribution in [0.2, 0.25) is 0 Å². The third-order valence-corrected chi connectivity index (χ3v) is 10.4. The summed E-state index contributed by atoms with van der Waals surface area (Å²) in [7, 11) is -6.26. The number of amides is 1. The number of sulfonamides is 2. The van der Waals surface area contributed by atoms with Crippen LogP contribution in [0, 0.1) is 12.8 Å². The minimum Gasteiger partial charge on any atom is -0.488 e. The third kappa shape index (κ3) is 6.72. The number of likely N-dealkylation sites (N-methyl/N-ethyl adjacent to an activating group) is 1. The van der Waals surface area contributed by atoms with Crippen LogP contribution in [-0.4, -0.2) is 75.9 Å². The van der Waals surface area contributed by atoms with Crippen LogP contribution in [0.4, 0.5) is 5.69 Å². The lowest BCUT2D eigenvalue weighted by molar-refractivity contribution is 0.0387. The van der Waals surface area contributed by atoms with Crippen molar-refractivity contribution < 1.29 is 31.5 Å². The maximum atomic E-state index is 13.7. The Morgan fingerprint density at radius 1 is 1.02 bits per heavy atom. The topological polar surface area (TPSA) is 133 Å². The van der Waals surface area contributed by atoms with E-state index in [-0.39, 0.29) is 52.4 Å². The summed E-state index contributed by atoms with van der Waals surface area (Å²) in [5, 5.41) is 9.89. The zero-order chi connectivity index (χ0) is 29.9. The second kappa shape index (κ2) is 12.2. The van der Waals surface area contributed by atoms with Crippen molar-refractivity contribution in [2.45, 2.75) is 42.7 Å². The van der Waals surface area contributed by atoms with Crippen molar-refractivity contribution in [1.29, 1.82) is 0 Å². The summed E-state index contributed by atoms with van der Waals surface area (Å²) in [5.41, 5.74) is 1.19. The van der Waals surface area contributed by atoms with Gasteiger partial charge in [-0.3, -0.25) is 9.52 Å². The Bertz CT molecular complexity index is 1600. The number of fused-ring (bicyclic) bond motifs is 1. The van der Waals surface area contributed by atoms with Crippen LogP contribution in [-0.2, 0) is 20.0 Å². The zero-order valence-corrected chi connectivity index (χ0v) is 25.0. The molecule has 1 aliphatic rings. The van der Waals surface area contributed by atoms with Gasteiger partial charge in [-0.25, -0.2) is 16.8 Å². The van der Waals surface area contributed by atoms with Gasteiger partial charge >= 0.3 is 0 Å². The van der Waals surface area contributed by atoms with Crippen LogP contribution >= 0.6 is 0 Å². The molecule has 3 aromatic rings. The number of ether oxygens (including phenoxy) is 1. The Morgan fingerprint density at radius 2 is 1.68 bits per heavy atom. The fourth-order valence-electron chi connectivity index (χ4n) is 4.56. The number of benzene rings is 3. The fraction of sp³-hybridized carbons (Fsp3) is 0.345. The molecule has 1 aliphatic heterocycles. The third-order valence-electron chi connectivity index (χ3n) is 7.14. The summed E-state index contributed by atoms with van der Waals surface area (Å²) in [6.07, 6.45) is -0.660. The first kappa shape index (κ1) is 30.5. The molecular formula is C29H35N3O7S2. The van der Waals surface area contributed by atoms with E-state index in [2.05, 4.69) is 4.72 Å². The predicted molar refractivity (Wildman–Crippen MR) is 156 cm³/mol. The molecule has 0 bridgehead atoms. The first-order valence-corrected chi connectivity index (χ1v) is 16.1. The van der Waals surface area contributed by atoms with Gasteiger partial charge in [0.2, 0.25) is 10.0 Å². The molecular weight excluding hydrogens is 566 g/mol. The highest BCUT2D eigenvalue weighted by atomic mass is 32.2. The molecule has 2 N–H and O–H groups in total. The minimum absolute atomic E-state index is 0.00522. The lowest BCUT2D eigenvalue weighted by atomic mass is 9.99. The number of aliphatic hydroxyl groups excluding tert-OH is 1. The molecule has 0 aromatic heterocycles. The molecule has 10 nitrogen and oxygen atoms in total. The fourth-order valence-corrected chi connectivity index (χ4v) is 6.81. The van der Waals surface area contributed by atoms with Gasteiger partial charge in [-0.15, -0.1) is 0 Å². The standard InChI is InChI=1S/C29H35N3O7S2/c1-20-10-13-25(14-11-20)41(37,38)31(4)18-28-21(2)17-32(22(3)19-33)29(34)26-16-23(12-15-27(26)39-28)30-40(35,36)24-8-6-5-7-9-24/h5-16,21-22,28,30,33H,17-19H2,1-4H3/t21-,22+,28+/m0/s1. The van der Waals surface area contributed by atoms with Gasteiger partial charge in [-0.2, -0.15) is 4.31 Å². The van der Waals surface area contributed by atoms with E-state index in [0.29, 0.717) is 0 Å². The number of aliphatic hydroxyl groups is 1. The lowest BCUT2D eigenvalue weighted by Gasteiger charge is -2.38. The molecule has 0 saturated carbocycles. The first-order valence-electron chi connectivity index (χ1n) is 13.2. The molecule has 220 valence electrons. The second-order valence-corrected chi connectivity index (χ2v) is 14.1. The second-order valence-electron chi connectivity index (χ2n) is 10.4. The number of rotatable bonds is 9. The van der Waals surface area contributed by atoms with Gasteiger partial charge in [0.25, 0.3) is 15.9 Å². The summed E-state index contributed by atoms with van der Waals surface area (Å²) in [6, 6.07) is 18.3. The van der Waals surface area contributed by atoms with E-state index in [9.17, 15) is 26.7 Å². The maximum absolute atomic E-state index is 13.7. The van der Waals surface area contributed by atoms with E-state index in [1.807, 2.05) is 13.8 Å². The molecule has 0 fully saturated rings. The summed E-state index contributed by atoms with van der Waals surface area (Å²) in [5.74, 6) is -0.563. The SMILES string of the molecule is Cc1ccc(S(=O)(=O)N(C)C[C@H]2Oc3ccc(NS(=O)(=O)c4ccccc4)cc3C(=O)N([C@H](C)CO)C[C@@H]2C)cc1. The summed E-state index contributed by atoms with van der Waals surface area (Å²) in [4.78, 5) is 15.4. The molecule has 1 heterocycles. The zero-order valence-electron chi connectivity index (χ0n) is 23.4. The van der Waals surface area contributed by atoms with Gasteiger partial charge in [0.1, 0.15) is 11.9 Å². The summed E-state index contributed by atoms with van der Waals surface area (Å²) >= 11 is 0. The Morgan fingerprint density at radius 3 is 2.32 bits per heavy atom. The number of anilines is 1. The average molecular weight is 602 g/mol. The van der Waals surface area contributed by atoms with Gasteiger partial charge in [-0.1, -0.05) is 42.8 Å². The molecule has 3 aromatic carbocycles. The van der Waals surface area contributed by atoms with Gasteiger partial charge in [0, 0.05) is 25.2 Å². The molecule has 0 spiro atoms. The predicted octanol–water partition coefficient (Wildman–Crippen LogP) is 3.34. The number of aryl methyl sites for hydroxylation is 1. The van der Waals surface area contributed by atoms with E-state index in [1.54, 1.807) is 49.4 Å². The van der Waals surface area contributed by atoms with Crippen LogP contribution in [0.25, 0.3) is 0 Å². The Labute approximate surface area is 241 Å². The maximum Gasteiger partial charge on any atom is 0.261 e. The lowest BCUT2D eigenvalue weighted by Crippen LogP contribution is -2.50. The normalized spacial score (nSPS) is 18.7. The highest BCUT2D eigenvalue weighted by molar-refractivity contribution is 7.92. The van der Waals surface area contributed by atoms with E-state index >= 15 is 0 Å². The van der Waals surface area contributed by atoms with Crippen molar-refractivity contribution in [1.82, 2.24) is 9.21 Å². The molecule has 12 heteroatoms. The first-order chi connectivity index (χ1) is 19.3. The Hall–Kier alpha value is -3.45. The molecule has 3 atom stereocenters. The van der Waals surface area contributed by atoms with Crippen molar-refractivity contribution in [2.75, 3.05) is 31.5 Å². The van der Waals surface area contributed by atoms with Crippen LogP contribution in [0.3, 0.4) is 0 Å². The van der Waals surface area contributed by atoms with Crippen molar-refractivity contribution in [3.8, 4) is 5.75 Å². The molecule has 0 radical (unpaired) electrons. The summed E-state index contributed by atoms with van der Waals surface area (Å²) < 4.78 is 62.4. The van der Waals surface area contributed by atoms with Gasteiger partial charge in [0.05, 0.1) is 34.5 Å². The minimum atomic E-state index is -3.92. The number of nitrogens with one attached hydrogen (secondary N) is 1. The van der Waals surface area contributed by atoms with Crippen LogP contribution in [0.5, 0.6) is 5.75 Å². The van der Waals surface area contributed by atoms with Crippen molar-refractivity contribution >= 4 is 31.6 Å². The van der Waals surface area contributed by atoms with Gasteiger partial charge in [-0.05, 0) is 56.3 Å². The summed E-state index contributed by atoms with van der Waals surface area (Å²) in [6.45, 7) is 5.33. The van der Waals surface area contributed by atoms with Gasteiger partial charge in [0.15, 0.2) is 0 Å². The largest absolute Gasteiger partial charge is 0.488 e. The molecule has 41 heavy (non-hydrogen) atoms. The number of carbonyl (C=O) groups is 1. The molecule has 0 aliphatic carbocycles. The van der Waals surface area contributed by atoms with Crippen LogP contribution in [0.15, 0.2) is 82.6 Å². The van der Waals surface area contributed by atoms with E-state index in [0.717, 1.165) is 5.56 Å². The van der Waals surface area contributed by atoms with E-state index < -0.39 is 38.1 Å². The monoisotopic (exact) mass is 601 g/mol. The van der Waals surface area contributed by atoms with E-state index in [4.69, 9.17) is 4.74 Å².